The lowest BCUT2D eigenvalue weighted by atomic mass is 10.1. The number of rotatable bonds is 5. The quantitative estimate of drug-likeness (QED) is 0.891. The van der Waals surface area contributed by atoms with Crippen LogP contribution >= 0.6 is 0 Å². The number of hydrogen-bond acceptors (Lipinski definition) is 4. The average molecular weight is 257 g/mol. The Hall–Kier alpha value is -1.78. The molecule has 0 aliphatic rings. The Morgan fingerprint density at radius 2 is 1.95 bits per heavy atom. The first-order chi connectivity index (χ1) is 9.20. The van der Waals surface area contributed by atoms with Crippen molar-refractivity contribution >= 4 is 0 Å². The molecule has 2 rings (SSSR count). The number of ether oxygens (including phenoxy) is 1. The number of benzene rings is 1. The van der Waals surface area contributed by atoms with Gasteiger partial charge in [0.15, 0.2) is 5.82 Å². The van der Waals surface area contributed by atoms with Gasteiger partial charge in [-0.1, -0.05) is 30.3 Å². The van der Waals surface area contributed by atoms with Gasteiger partial charge < -0.3 is 10.5 Å². The van der Waals surface area contributed by atoms with Gasteiger partial charge >= 0.3 is 0 Å². The van der Waals surface area contributed by atoms with E-state index in [0.29, 0.717) is 5.82 Å². The predicted molar refractivity (Wildman–Crippen MR) is 74.7 cm³/mol. The maximum absolute atomic E-state index is 5.80. The summed E-state index contributed by atoms with van der Waals surface area (Å²) in [7, 11) is 1.67. The SMILES string of the molecule is COC(c1ccccc1)c1nccc(CC(C)N)n1. The van der Waals surface area contributed by atoms with Gasteiger partial charge in [-0.05, 0) is 18.6 Å². The second-order valence-corrected chi connectivity index (χ2v) is 4.61. The molecule has 2 aromatic rings. The van der Waals surface area contributed by atoms with Gasteiger partial charge in [-0.2, -0.15) is 0 Å². The van der Waals surface area contributed by atoms with E-state index >= 15 is 0 Å². The van der Waals surface area contributed by atoms with E-state index in [2.05, 4.69) is 9.97 Å². The number of aromatic nitrogens is 2. The molecule has 0 radical (unpaired) electrons. The Morgan fingerprint density at radius 3 is 2.58 bits per heavy atom. The van der Waals surface area contributed by atoms with Crippen LogP contribution in [-0.4, -0.2) is 23.1 Å². The van der Waals surface area contributed by atoms with Gasteiger partial charge in [0, 0.05) is 31.5 Å². The number of hydrogen-bond donors (Lipinski definition) is 1. The fraction of sp³-hybridized carbons (Fsp3) is 0.333. The van der Waals surface area contributed by atoms with Gasteiger partial charge in [0.2, 0.25) is 0 Å². The van der Waals surface area contributed by atoms with E-state index in [1.165, 1.54) is 0 Å². The van der Waals surface area contributed by atoms with Crippen LogP contribution in [0.1, 0.15) is 30.1 Å². The maximum atomic E-state index is 5.80. The molecule has 0 aliphatic carbocycles. The number of nitrogens with two attached hydrogens (primary N) is 1. The summed E-state index contributed by atoms with van der Waals surface area (Å²) < 4.78 is 5.53. The lowest BCUT2D eigenvalue weighted by molar-refractivity contribution is 0.129. The molecule has 1 aromatic heterocycles. The first-order valence-electron chi connectivity index (χ1n) is 6.36. The largest absolute Gasteiger partial charge is 0.369 e. The van der Waals surface area contributed by atoms with Crippen molar-refractivity contribution < 1.29 is 4.74 Å². The van der Waals surface area contributed by atoms with Crippen molar-refractivity contribution in [1.29, 1.82) is 0 Å². The lowest BCUT2D eigenvalue weighted by Crippen LogP contribution is -2.19. The van der Waals surface area contributed by atoms with E-state index in [1.54, 1.807) is 13.3 Å². The zero-order chi connectivity index (χ0) is 13.7. The molecule has 0 aliphatic heterocycles. The van der Waals surface area contributed by atoms with E-state index in [-0.39, 0.29) is 12.1 Å². The minimum Gasteiger partial charge on any atom is -0.369 e. The van der Waals surface area contributed by atoms with Crippen molar-refractivity contribution in [2.45, 2.75) is 25.5 Å². The summed E-state index contributed by atoms with van der Waals surface area (Å²) in [6.07, 6.45) is 2.25. The molecule has 2 atom stereocenters. The second kappa shape index (κ2) is 6.41. The Labute approximate surface area is 113 Å². The summed E-state index contributed by atoms with van der Waals surface area (Å²) >= 11 is 0. The number of nitrogens with zero attached hydrogens (tertiary/aromatic N) is 2. The summed E-state index contributed by atoms with van der Waals surface area (Å²) in [6.45, 7) is 1.97. The Bertz CT molecular complexity index is 514. The monoisotopic (exact) mass is 257 g/mol. The minimum atomic E-state index is -0.241. The molecule has 2 unspecified atom stereocenters. The smallest absolute Gasteiger partial charge is 0.162 e. The van der Waals surface area contributed by atoms with Crippen molar-refractivity contribution in [1.82, 2.24) is 9.97 Å². The van der Waals surface area contributed by atoms with Crippen molar-refractivity contribution in [2.24, 2.45) is 5.73 Å². The summed E-state index contributed by atoms with van der Waals surface area (Å²) in [4.78, 5) is 8.86. The summed E-state index contributed by atoms with van der Waals surface area (Å²) in [5, 5.41) is 0. The molecular weight excluding hydrogens is 238 g/mol. The highest BCUT2D eigenvalue weighted by Crippen LogP contribution is 2.22. The molecule has 0 bridgehead atoms. The van der Waals surface area contributed by atoms with Crippen molar-refractivity contribution in [3.8, 4) is 0 Å². The molecule has 0 amide bonds. The minimum absolute atomic E-state index is 0.0838. The summed E-state index contributed by atoms with van der Waals surface area (Å²) in [5.74, 6) is 0.673. The summed E-state index contributed by atoms with van der Waals surface area (Å²) in [5.41, 5.74) is 7.79. The maximum Gasteiger partial charge on any atom is 0.162 e. The molecule has 0 fully saturated rings. The molecule has 19 heavy (non-hydrogen) atoms. The highest BCUT2D eigenvalue weighted by Gasteiger charge is 2.16. The molecule has 0 spiro atoms. The Morgan fingerprint density at radius 1 is 1.21 bits per heavy atom. The van der Waals surface area contributed by atoms with E-state index < -0.39 is 0 Å². The van der Waals surface area contributed by atoms with E-state index in [1.807, 2.05) is 43.3 Å². The third-order valence-corrected chi connectivity index (χ3v) is 2.84. The van der Waals surface area contributed by atoms with Crippen molar-refractivity contribution in [3.05, 3.63) is 59.7 Å². The van der Waals surface area contributed by atoms with E-state index in [0.717, 1.165) is 17.7 Å². The molecule has 0 saturated carbocycles. The van der Waals surface area contributed by atoms with E-state index in [9.17, 15) is 0 Å². The van der Waals surface area contributed by atoms with Gasteiger partial charge in [0.25, 0.3) is 0 Å². The van der Waals surface area contributed by atoms with Gasteiger partial charge in [-0.15, -0.1) is 0 Å². The third-order valence-electron chi connectivity index (χ3n) is 2.84. The van der Waals surface area contributed by atoms with Crippen molar-refractivity contribution in [3.63, 3.8) is 0 Å². The van der Waals surface area contributed by atoms with Gasteiger partial charge in [0.05, 0.1) is 0 Å². The Kier molecular flexibility index (Phi) is 4.60. The molecule has 1 aromatic carbocycles. The normalized spacial score (nSPS) is 14.1. The first kappa shape index (κ1) is 13.6. The lowest BCUT2D eigenvalue weighted by Gasteiger charge is -2.15. The highest BCUT2D eigenvalue weighted by molar-refractivity contribution is 5.23. The van der Waals surface area contributed by atoms with Crippen LogP contribution in [0.4, 0.5) is 0 Å². The molecule has 0 saturated heterocycles. The van der Waals surface area contributed by atoms with Crippen LogP contribution in [0, 0.1) is 0 Å². The van der Waals surface area contributed by atoms with Crippen LogP contribution in [0.5, 0.6) is 0 Å². The van der Waals surface area contributed by atoms with Crippen LogP contribution in [0.25, 0.3) is 0 Å². The standard InChI is InChI=1S/C15H19N3O/c1-11(16)10-13-8-9-17-15(18-13)14(19-2)12-6-4-3-5-7-12/h3-9,11,14H,10,16H2,1-2H3. The molecule has 1 heterocycles. The molecule has 4 nitrogen and oxygen atoms in total. The first-order valence-corrected chi connectivity index (χ1v) is 6.36. The third kappa shape index (κ3) is 3.59. The zero-order valence-corrected chi connectivity index (χ0v) is 11.3. The van der Waals surface area contributed by atoms with Crippen LogP contribution in [0.15, 0.2) is 42.6 Å². The van der Waals surface area contributed by atoms with Crippen LogP contribution in [0.2, 0.25) is 0 Å². The van der Waals surface area contributed by atoms with Gasteiger partial charge in [0.1, 0.15) is 6.10 Å². The van der Waals surface area contributed by atoms with E-state index in [4.69, 9.17) is 10.5 Å². The van der Waals surface area contributed by atoms with Crippen molar-refractivity contribution in [2.75, 3.05) is 7.11 Å². The van der Waals surface area contributed by atoms with Crippen LogP contribution < -0.4 is 5.73 Å². The summed E-state index contributed by atoms with van der Waals surface area (Å²) in [6, 6.07) is 11.9. The zero-order valence-electron chi connectivity index (χ0n) is 11.3. The average Bonchev–Trinajstić information content (AvgIpc) is 2.40. The fourth-order valence-electron chi connectivity index (χ4n) is 2.00. The highest BCUT2D eigenvalue weighted by atomic mass is 16.5. The Balaban J connectivity index is 2.28. The molecular formula is C15H19N3O. The second-order valence-electron chi connectivity index (χ2n) is 4.61. The fourth-order valence-corrected chi connectivity index (χ4v) is 2.00. The molecule has 4 heteroatoms. The van der Waals surface area contributed by atoms with Crippen LogP contribution in [0.3, 0.4) is 0 Å². The molecule has 2 N–H and O–H groups in total. The predicted octanol–water partition coefficient (Wildman–Crippen LogP) is 2.10. The number of methoxy groups -OCH3 is 1. The topological polar surface area (TPSA) is 61.0 Å². The van der Waals surface area contributed by atoms with Gasteiger partial charge in [-0.3, -0.25) is 0 Å². The van der Waals surface area contributed by atoms with Gasteiger partial charge in [-0.25, -0.2) is 9.97 Å². The van der Waals surface area contributed by atoms with Crippen LogP contribution in [-0.2, 0) is 11.2 Å². The molecule has 100 valence electrons.